The van der Waals surface area contributed by atoms with Crippen LogP contribution in [0.1, 0.15) is 0 Å². The topological polar surface area (TPSA) is 51.6 Å². The molecule has 4 heterocycles. The van der Waals surface area contributed by atoms with Crippen LogP contribution in [0.5, 0.6) is 0 Å². The van der Waals surface area contributed by atoms with Gasteiger partial charge in [-0.05, 0) is 48.5 Å². The molecule has 4 aromatic heterocycles. The minimum absolute atomic E-state index is 0. The number of hydrogen-bond acceptors (Lipinski definition) is 4. The summed E-state index contributed by atoms with van der Waals surface area (Å²) < 4.78 is 0. The molecule has 0 bridgehead atoms. The van der Waals surface area contributed by atoms with Gasteiger partial charge in [0.25, 0.3) is 0 Å². The summed E-state index contributed by atoms with van der Waals surface area (Å²) >= 11 is 0. The van der Waals surface area contributed by atoms with Crippen molar-refractivity contribution in [2.75, 3.05) is 0 Å². The molecule has 126 valence electrons. The van der Waals surface area contributed by atoms with Gasteiger partial charge in [0.2, 0.25) is 0 Å². The van der Waals surface area contributed by atoms with E-state index in [4.69, 9.17) is 0 Å². The maximum atomic E-state index is 4.19. The van der Waals surface area contributed by atoms with Crippen LogP contribution < -0.4 is 0 Å². The summed E-state index contributed by atoms with van der Waals surface area (Å²) in [5.41, 5.74) is 3.66. The van der Waals surface area contributed by atoms with Gasteiger partial charge in [-0.3, -0.25) is 19.9 Å². The van der Waals surface area contributed by atoms with Crippen molar-refractivity contribution in [1.29, 1.82) is 0 Å². The zero-order chi connectivity index (χ0) is 16.5. The summed E-state index contributed by atoms with van der Waals surface area (Å²) in [5, 5.41) is 0. The molecule has 0 fully saturated rings. The van der Waals surface area contributed by atoms with E-state index in [2.05, 4.69) is 19.9 Å². The maximum Gasteiger partial charge on any atom is 0.0886 e. The molecule has 0 aliphatic rings. The Balaban J connectivity index is 0.000000173. The van der Waals surface area contributed by atoms with Gasteiger partial charge in [-0.15, -0.1) is 0 Å². The van der Waals surface area contributed by atoms with Crippen molar-refractivity contribution >= 4 is 0 Å². The molecule has 0 saturated heterocycles. The summed E-state index contributed by atoms with van der Waals surface area (Å²) in [7, 11) is 0. The van der Waals surface area contributed by atoms with E-state index < -0.39 is 0 Å². The van der Waals surface area contributed by atoms with Gasteiger partial charge in [-0.1, -0.05) is 24.3 Å². The number of hydrogen-bond donors (Lipinski definition) is 0. The van der Waals surface area contributed by atoms with Crippen LogP contribution in [0, 0.1) is 0 Å². The van der Waals surface area contributed by atoms with Crippen LogP contribution >= 0.6 is 0 Å². The van der Waals surface area contributed by atoms with Crippen LogP contribution in [0.4, 0.5) is 0 Å². The van der Waals surface area contributed by atoms with Crippen molar-refractivity contribution in [1.82, 2.24) is 19.9 Å². The third-order valence-electron chi connectivity index (χ3n) is 3.18. The molecule has 4 rings (SSSR count). The first-order chi connectivity index (χ1) is 11.9. The van der Waals surface area contributed by atoms with Crippen molar-refractivity contribution in [2.24, 2.45) is 0 Å². The Bertz CT molecular complexity index is 692. The van der Waals surface area contributed by atoms with Gasteiger partial charge in [-0.25, -0.2) is 0 Å². The molecule has 0 N–H and O–H groups in total. The molecule has 5 heteroatoms. The van der Waals surface area contributed by atoms with Crippen LogP contribution in [0.25, 0.3) is 22.8 Å². The third-order valence-corrected chi connectivity index (χ3v) is 3.18. The Morgan fingerprint density at radius 3 is 0.760 bits per heavy atom. The maximum absolute atomic E-state index is 4.19. The van der Waals surface area contributed by atoms with Gasteiger partial charge in [0, 0.05) is 45.2 Å². The second-order valence-electron chi connectivity index (χ2n) is 4.86. The van der Waals surface area contributed by atoms with Crippen molar-refractivity contribution in [3.05, 3.63) is 97.6 Å². The quantitative estimate of drug-likeness (QED) is 0.456. The SMILES string of the molecule is [Pd].c1ccc(-c2ccccn2)nc1.c1ccc(-c2ccccn2)nc1. The predicted octanol–water partition coefficient (Wildman–Crippen LogP) is 4.28. The molecular weight excluding hydrogens is 403 g/mol. The van der Waals surface area contributed by atoms with Crippen LogP contribution in [0.3, 0.4) is 0 Å². The van der Waals surface area contributed by atoms with Crippen LogP contribution in [0.15, 0.2) is 97.6 Å². The van der Waals surface area contributed by atoms with E-state index in [1.807, 2.05) is 72.8 Å². The summed E-state index contributed by atoms with van der Waals surface area (Å²) in [6.45, 7) is 0. The standard InChI is InChI=1S/2C10H8N2.Pd/c2*1-3-7-11-9(5-1)10-6-2-4-8-12-10;/h2*1-8H;. The minimum atomic E-state index is 0. The van der Waals surface area contributed by atoms with E-state index in [0.717, 1.165) is 22.8 Å². The van der Waals surface area contributed by atoms with Crippen molar-refractivity contribution in [3.8, 4) is 22.8 Å². The molecule has 0 unspecified atom stereocenters. The van der Waals surface area contributed by atoms with Gasteiger partial charge in [0.1, 0.15) is 0 Å². The molecule has 0 aliphatic carbocycles. The fourth-order valence-corrected chi connectivity index (χ4v) is 2.06. The Morgan fingerprint density at radius 1 is 0.360 bits per heavy atom. The number of aromatic nitrogens is 4. The largest absolute Gasteiger partial charge is 0.255 e. The van der Waals surface area contributed by atoms with E-state index in [0.29, 0.717) is 0 Å². The van der Waals surface area contributed by atoms with Crippen LogP contribution in [-0.2, 0) is 20.4 Å². The molecule has 0 aromatic carbocycles. The fourth-order valence-electron chi connectivity index (χ4n) is 2.06. The van der Waals surface area contributed by atoms with E-state index in [1.54, 1.807) is 24.8 Å². The Morgan fingerprint density at radius 2 is 0.600 bits per heavy atom. The first-order valence-electron chi connectivity index (χ1n) is 7.58. The monoisotopic (exact) mass is 418 g/mol. The van der Waals surface area contributed by atoms with Gasteiger partial charge in [-0.2, -0.15) is 0 Å². The number of rotatable bonds is 2. The molecule has 0 atom stereocenters. The van der Waals surface area contributed by atoms with Gasteiger partial charge in [0.15, 0.2) is 0 Å². The molecule has 0 amide bonds. The molecular formula is C20H16N4Pd. The van der Waals surface area contributed by atoms with Gasteiger partial charge in [0.05, 0.1) is 22.8 Å². The average molecular weight is 419 g/mol. The first kappa shape index (κ1) is 18.6. The molecule has 0 radical (unpaired) electrons. The van der Waals surface area contributed by atoms with Crippen LogP contribution in [-0.4, -0.2) is 19.9 Å². The van der Waals surface area contributed by atoms with Crippen LogP contribution in [0.2, 0.25) is 0 Å². The molecule has 25 heavy (non-hydrogen) atoms. The second-order valence-corrected chi connectivity index (χ2v) is 4.86. The smallest absolute Gasteiger partial charge is 0.0886 e. The van der Waals surface area contributed by atoms with Crippen molar-refractivity contribution < 1.29 is 20.4 Å². The summed E-state index contributed by atoms with van der Waals surface area (Å²) in [4.78, 5) is 16.7. The van der Waals surface area contributed by atoms with E-state index >= 15 is 0 Å². The molecule has 0 spiro atoms. The second kappa shape index (κ2) is 10.2. The molecule has 4 nitrogen and oxygen atoms in total. The normalized spacial score (nSPS) is 9.28. The summed E-state index contributed by atoms with van der Waals surface area (Å²) in [6, 6.07) is 23.2. The van der Waals surface area contributed by atoms with E-state index in [-0.39, 0.29) is 20.4 Å². The number of nitrogens with zero attached hydrogens (tertiary/aromatic N) is 4. The van der Waals surface area contributed by atoms with Gasteiger partial charge >= 0.3 is 0 Å². The fraction of sp³-hybridized carbons (Fsp3) is 0. The zero-order valence-corrected chi connectivity index (χ0v) is 14.9. The Kier molecular flexibility index (Phi) is 7.58. The molecule has 4 aromatic rings. The van der Waals surface area contributed by atoms with Crippen molar-refractivity contribution in [3.63, 3.8) is 0 Å². The summed E-state index contributed by atoms with van der Waals surface area (Å²) in [6.07, 6.45) is 7.07. The minimum Gasteiger partial charge on any atom is -0.255 e. The summed E-state index contributed by atoms with van der Waals surface area (Å²) in [5.74, 6) is 0. The Labute approximate surface area is 160 Å². The third kappa shape index (κ3) is 5.68. The van der Waals surface area contributed by atoms with Crippen molar-refractivity contribution in [2.45, 2.75) is 0 Å². The molecule has 0 aliphatic heterocycles. The van der Waals surface area contributed by atoms with E-state index in [9.17, 15) is 0 Å². The average Bonchev–Trinajstić information content (AvgIpc) is 2.71. The number of pyridine rings is 4. The van der Waals surface area contributed by atoms with E-state index in [1.165, 1.54) is 0 Å². The first-order valence-corrected chi connectivity index (χ1v) is 7.58. The molecule has 0 saturated carbocycles. The predicted molar refractivity (Wildman–Crippen MR) is 94.9 cm³/mol. The van der Waals surface area contributed by atoms with Gasteiger partial charge < -0.3 is 0 Å². The zero-order valence-electron chi connectivity index (χ0n) is 13.3. The Hall–Kier alpha value is -2.74.